The largest absolute Gasteiger partial charge is 0.324 e. The molecule has 2 N–H and O–H groups in total. The van der Waals surface area contributed by atoms with Crippen molar-refractivity contribution in [1.82, 2.24) is 10.2 Å². The number of hydrogen-bond donors (Lipinski definition) is 1. The third-order valence-corrected chi connectivity index (χ3v) is 4.85. The molecule has 2 rings (SSSR count). The summed E-state index contributed by atoms with van der Waals surface area (Å²) in [6.45, 7) is 0.445. The molecule has 2 heterocycles. The molecule has 14 heavy (non-hydrogen) atoms. The summed E-state index contributed by atoms with van der Waals surface area (Å²) in [5.74, 6) is 0. The second kappa shape index (κ2) is 4.36. The fourth-order valence-corrected chi connectivity index (χ4v) is 4.67. The summed E-state index contributed by atoms with van der Waals surface area (Å²) in [5.41, 5.74) is 6.54. The van der Waals surface area contributed by atoms with E-state index in [2.05, 4.69) is 42.1 Å². The molecule has 0 radical (unpaired) electrons. The summed E-state index contributed by atoms with van der Waals surface area (Å²) in [4.78, 5) is 0. The molecule has 2 aromatic heterocycles. The van der Waals surface area contributed by atoms with Crippen LogP contribution in [0.15, 0.2) is 13.6 Å². The van der Waals surface area contributed by atoms with Gasteiger partial charge in [0.05, 0.1) is 7.57 Å². The number of aromatic nitrogens is 2. The standard InChI is InChI=1S/C7H5Br2N3S2/c8-4-1-3(6(9)13-4)7-12-11-5(2-10)14-7/h1H,2,10H2. The fraction of sp³-hybridized carbons (Fsp3) is 0.143. The Bertz CT molecular complexity index is 451. The average molecular weight is 355 g/mol. The van der Waals surface area contributed by atoms with Crippen LogP contribution in [0.5, 0.6) is 0 Å². The Morgan fingerprint density at radius 1 is 1.29 bits per heavy atom. The first-order valence-electron chi connectivity index (χ1n) is 3.68. The molecule has 0 unspecified atom stereocenters. The van der Waals surface area contributed by atoms with Crippen LogP contribution in [0, 0.1) is 0 Å². The van der Waals surface area contributed by atoms with Gasteiger partial charge in [0.1, 0.15) is 10.0 Å². The van der Waals surface area contributed by atoms with Crippen molar-refractivity contribution in [1.29, 1.82) is 0 Å². The highest BCUT2D eigenvalue weighted by atomic mass is 79.9. The van der Waals surface area contributed by atoms with Gasteiger partial charge in [-0.15, -0.1) is 21.5 Å². The van der Waals surface area contributed by atoms with E-state index >= 15 is 0 Å². The molecule has 0 aromatic carbocycles. The molecule has 74 valence electrons. The van der Waals surface area contributed by atoms with E-state index in [9.17, 15) is 0 Å². The summed E-state index contributed by atoms with van der Waals surface area (Å²) >= 11 is 10.0. The number of nitrogens with two attached hydrogens (primary N) is 1. The van der Waals surface area contributed by atoms with Crippen LogP contribution < -0.4 is 5.73 Å². The van der Waals surface area contributed by atoms with Gasteiger partial charge in [-0.25, -0.2) is 0 Å². The number of thiophene rings is 1. The normalized spacial score (nSPS) is 10.8. The van der Waals surface area contributed by atoms with Crippen LogP contribution in [0.1, 0.15) is 5.01 Å². The van der Waals surface area contributed by atoms with Crippen molar-refractivity contribution < 1.29 is 0 Å². The second-order valence-electron chi connectivity index (χ2n) is 2.44. The van der Waals surface area contributed by atoms with E-state index in [-0.39, 0.29) is 0 Å². The number of rotatable bonds is 2. The summed E-state index contributed by atoms with van der Waals surface area (Å²) in [6.07, 6.45) is 0. The monoisotopic (exact) mass is 353 g/mol. The van der Waals surface area contributed by atoms with E-state index < -0.39 is 0 Å². The highest BCUT2D eigenvalue weighted by Gasteiger charge is 2.12. The first-order chi connectivity index (χ1) is 6.70. The zero-order valence-electron chi connectivity index (χ0n) is 6.83. The Balaban J connectivity index is 2.43. The molecule has 2 aromatic rings. The molecular formula is C7H5Br2N3S2. The van der Waals surface area contributed by atoms with E-state index in [1.807, 2.05) is 6.07 Å². The first-order valence-corrected chi connectivity index (χ1v) is 6.90. The van der Waals surface area contributed by atoms with Crippen molar-refractivity contribution in [2.45, 2.75) is 6.54 Å². The van der Waals surface area contributed by atoms with Crippen LogP contribution in [0.4, 0.5) is 0 Å². The SMILES string of the molecule is NCc1nnc(-c2cc(Br)sc2Br)s1. The molecule has 0 spiro atoms. The van der Waals surface area contributed by atoms with Crippen LogP contribution in [-0.4, -0.2) is 10.2 Å². The van der Waals surface area contributed by atoms with Gasteiger partial charge in [0.15, 0.2) is 0 Å². The van der Waals surface area contributed by atoms with Crippen LogP contribution in [-0.2, 0) is 6.54 Å². The molecule has 0 saturated heterocycles. The number of hydrogen-bond acceptors (Lipinski definition) is 5. The minimum absolute atomic E-state index is 0.445. The minimum atomic E-state index is 0.445. The van der Waals surface area contributed by atoms with Gasteiger partial charge in [0, 0.05) is 12.1 Å². The lowest BCUT2D eigenvalue weighted by molar-refractivity contribution is 0.960. The third kappa shape index (κ3) is 2.06. The number of nitrogens with zero attached hydrogens (tertiary/aromatic N) is 2. The zero-order chi connectivity index (χ0) is 10.1. The molecule has 7 heteroatoms. The van der Waals surface area contributed by atoms with Gasteiger partial charge in [0.25, 0.3) is 0 Å². The lowest BCUT2D eigenvalue weighted by Crippen LogP contribution is -1.94. The van der Waals surface area contributed by atoms with Crippen LogP contribution >= 0.6 is 54.5 Å². The van der Waals surface area contributed by atoms with Gasteiger partial charge in [-0.3, -0.25) is 0 Å². The zero-order valence-corrected chi connectivity index (χ0v) is 11.6. The first kappa shape index (κ1) is 10.7. The molecule has 0 atom stereocenters. The van der Waals surface area contributed by atoms with Crippen LogP contribution in [0.25, 0.3) is 10.6 Å². The molecular weight excluding hydrogens is 350 g/mol. The topological polar surface area (TPSA) is 51.8 Å². The molecule has 0 aliphatic heterocycles. The van der Waals surface area contributed by atoms with Crippen molar-refractivity contribution in [3.05, 3.63) is 18.6 Å². The summed E-state index contributed by atoms with van der Waals surface area (Å²) in [6, 6.07) is 2.02. The van der Waals surface area contributed by atoms with Crippen molar-refractivity contribution in [3.63, 3.8) is 0 Å². The van der Waals surface area contributed by atoms with Gasteiger partial charge in [-0.05, 0) is 37.9 Å². The summed E-state index contributed by atoms with van der Waals surface area (Å²) in [5, 5.41) is 9.81. The lowest BCUT2D eigenvalue weighted by Gasteiger charge is -1.88. The average Bonchev–Trinajstić information content (AvgIpc) is 2.71. The predicted octanol–water partition coefficient (Wildman–Crippen LogP) is 3.25. The van der Waals surface area contributed by atoms with Gasteiger partial charge in [-0.2, -0.15) is 0 Å². The molecule has 0 amide bonds. The van der Waals surface area contributed by atoms with Crippen molar-refractivity contribution in [2.75, 3.05) is 0 Å². The Morgan fingerprint density at radius 3 is 2.57 bits per heavy atom. The predicted molar refractivity (Wildman–Crippen MR) is 66.5 cm³/mol. The molecule has 0 aliphatic carbocycles. The van der Waals surface area contributed by atoms with E-state index in [1.165, 1.54) is 11.3 Å². The second-order valence-corrected chi connectivity index (χ2v) is 7.25. The van der Waals surface area contributed by atoms with E-state index in [0.29, 0.717) is 6.54 Å². The smallest absolute Gasteiger partial charge is 0.149 e. The van der Waals surface area contributed by atoms with Gasteiger partial charge in [0.2, 0.25) is 0 Å². The van der Waals surface area contributed by atoms with Crippen molar-refractivity contribution >= 4 is 54.5 Å². The van der Waals surface area contributed by atoms with E-state index in [4.69, 9.17) is 5.73 Å². The molecule has 0 bridgehead atoms. The Kier molecular flexibility index (Phi) is 3.33. The molecule has 3 nitrogen and oxygen atoms in total. The van der Waals surface area contributed by atoms with Crippen molar-refractivity contribution in [3.8, 4) is 10.6 Å². The maximum absolute atomic E-state index is 5.47. The fourth-order valence-electron chi connectivity index (χ4n) is 0.931. The Hall–Kier alpha value is 0.180. The van der Waals surface area contributed by atoms with E-state index in [1.54, 1.807) is 11.3 Å². The quantitative estimate of drug-likeness (QED) is 0.900. The molecule has 0 fully saturated rings. The minimum Gasteiger partial charge on any atom is -0.324 e. The summed E-state index contributed by atoms with van der Waals surface area (Å²) in [7, 11) is 0. The number of halogens is 2. The Labute approximate surface area is 106 Å². The van der Waals surface area contributed by atoms with Crippen molar-refractivity contribution in [2.24, 2.45) is 5.73 Å². The summed E-state index contributed by atoms with van der Waals surface area (Å²) < 4.78 is 2.13. The third-order valence-electron chi connectivity index (χ3n) is 1.53. The van der Waals surface area contributed by atoms with Gasteiger partial charge >= 0.3 is 0 Å². The molecule has 0 aliphatic rings. The van der Waals surface area contributed by atoms with Crippen LogP contribution in [0.2, 0.25) is 0 Å². The maximum Gasteiger partial charge on any atom is 0.149 e. The Morgan fingerprint density at radius 2 is 2.07 bits per heavy atom. The molecule has 0 saturated carbocycles. The lowest BCUT2D eigenvalue weighted by atomic mass is 10.4. The van der Waals surface area contributed by atoms with Gasteiger partial charge in [-0.1, -0.05) is 11.3 Å². The maximum atomic E-state index is 5.47. The van der Waals surface area contributed by atoms with E-state index in [0.717, 1.165) is 23.2 Å². The highest BCUT2D eigenvalue weighted by molar-refractivity contribution is 9.12. The highest BCUT2D eigenvalue weighted by Crippen LogP contribution is 2.39. The van der Waals surface area contributed by atoms with Gasteiger partial charge < -0.3 is 5.73 Å². The van der Waals surface area contributed by atoms with Crippen LogP contribution in [0.3, 0.4) is 0 Å².